The second kappa shape index (κ2) is 7.85. The molecule has 0 fully saturated rings. The van der Waals surface area contributed by atoms with Crippen LogP contribution in [0.3, 0.4) is 0 Å². The molecule has 2 rings (SSSR count). The first-order valence-corrected chi connectivity index (χ1v) is 8.98. The minimum absolute atomic E-state index is 0.158. The number of nitrogens with zero attached hydrogens (tertiary/aromatic N) is 1. The summed E-state index contributed by atoms with van der Waals surface area (Å²) in [4.78, 5) is 16.1. The quantitative estimate of drug-likeness (QED) is 0.663. The number of hydrogen-bond donors (Lipinski definition) is 0. The lowest BCUT2D eigenvalue weighted by molar-refractivity contribution is -0.106. The second-order valence-corrected chi connectivity index (χ2v) is 7.10. The Bertz CT molecular complexity index is 670. The van der Waals surface area contributed by atoms with E-state index in [0.717, 1.165) is 36.0 Å². The standard InChI is InChI=1S/C21H29NO3/c1-7-16(8-2)24-19-15(4)14(3)17(13-23)20(21(19,5)6)25-18-11-9-10-12-22-18/h9-13,16,20H,7-8H2,1-6H3. The molecule has 0 saturated carbocycles. The van der Waals surface area contributed by atoms with Crippen molar-refractivity contribution < 1.29 is 14.3 Å². The van der Waals surface area contributed by atoms with Crippen molar-refractivity contribution in [3.05, 3.63) is 46.9 Å². The lowest BCUT2D eigenvalue weighted by Gasteiger charge is -2.42. The lowest BCUT2D eigenvalue weighted by Crippen LogP contribution is -2.43. The molecule has 0 N–H and O–H groups in total. The monoisotopic (exact) mass is 343 g/mol. The highest BCUT2D eigenvalue weighted by Gasteiger charge is 2.45. The summed E-state index contributed by atoms with van der Waals surface area (Å²) >= 11 is 0. The Morgan fingerprint density at radius 3 is 2.40 bits per heavy atom. The van der Waals surface area contributed by atoms with Crippen LogP contribution in [0.2, 0.25) is 0 Å². The summed E-state index contributed by atoms with van der Waals surface area (Å²) in [6.07, 6.45) is 4.20. The molecule has 1 atom stereocenters. The zero-order valence-electron chi connectivity index (χ0n) is 16.1. The summed E-state index contributed by atoms with van der Waals surface area (Å²) in [5, 5.41) is 0. The normalized spacial score (nSPS) is 20.0. The van der Waals surface area contributed by atoms with Gasteiger partial charge in [-0.05, 0) is 57.7 Å². The van der Waals surface area contributed by atoms with Crippen molar-refractivity contribution in [3.8, 4) is 5.88 Å². The predicted octanol–water partition coefficient (Wildman–Crippen LogP) is 4.86. The highest BCUT2D eigenvalue weighted by Crippen LogP contribution is 2.45. The van der Waals surface area contributed by atoms with Crippen molar-refractivity contribution in [1.82, 2.24) is 4.98 Å². The smallest absolute Gasteiger partial charge is 0.213 e. The third-order valence-corrected chi connectivity index (χ3v) is 5.06. The summed E-state index contributed by atoms with van der Waals surface area (Å²) < 4.78 is 12.5. The Hall–Kier alpha value is -2.10. The van der Waals surface area contributed by atoms with Crippen molar-refractivity contribution in [2.24, 2.45) is 5.41 Å². The second-order valence-electron chi connectivity index (χ2n) is 7.10. The molecule has 0 amide bonds. The first kappa shape index (κ1) is 19.2. The molecule has 0 saturated heterocycles. The topological polar surface area (TPSA) is 48.4 Å². The zero-order chi connectivity index (χ0) is 18.6. The molecule has 4 nitrogen and oxygen atoms in total. The molecular formula is C21H29NO3. The Balaban J connectivity index is 2.48. The van der Waals surface area contributed by atoms with Gasteiger partial charge in [-0.1, -0.05) is 19.9 Å². The maximum Gasteiger partial charge on any atom is 0.213 e. The molecule has 1 aromatic rings. The van der Waals surface area contributed by atoms with Gasteiger partial charge in [0, 0.05) is 17.8 Å². The van der Waals surface area contributed by atoms with E-state index in [1.165, 1.54) is 0 Å². The summed E-state index contributed by atoms with van der Waals surface area (Å²) in [6.45, 7) is 12.4. The van der Waals surface area contributed by atoms with E-state index in [0.29, 0.717) is 11.5 Å². The molecule has 0 aliphatic heterocycles. The number of rotatable bonds is 7. The van der Waals surface area contributed by atoms with E-state index in [-0.39, 0.29) is 6.10 Å². The van der Waals surface area contributed by atoms with E-state index in [2.05, 4.69) is 32.7 Å². The van der Waals surface area contributed by atoms with Crippen LogP contribution in [0.1, 0.15) is 54.4 Å². The van der Waals surface area contributed by atoms with Crippen molar-refractivity contribution >= 4 is 6.29 Å². The van der Waals surface area contributed by atoms with Crippen LogP contribution < -0.4 is 4.74 Å². The minimum atomic E-state index is -0.472. The number of carbonyl (C=O) groups is 1. The minimum Gasteiger partial charge on any atom is -0.494 e. The maximum atomic E-state index is 11.8. The number of pyridine rings is 1. The van der Waals surface area contributed by atoms with E-state index in [1.54, 1.807) is 12.3 Å². The van der Waals surface area contributed by atoms with Crippen molar-refractivity contribution in [2.75, 3.05) is 0 Å². The number of aldehydes is 1. The molecule has 25 heavy (non-hydrogen) atoms. The first-order chi connectivity index (χ1) is 11.9. The van der Waals surface area contributed by atoms with Gasteiger partial charge in [-0.3, -0.25) is 4.79 Å². The summed E-state index contributed by atoms with van der Waals surface area (Å²) in [7, 11) is 0. The van der Waals surface area contributed by atoms with Crippen molar-refractivity contribution in [1.29, 1.82) is 0 Å². The van der Waals surface area contributed by atoms with Crippen molar-refractivity contribution in [3.63, 3.8) is 0 Å². The van der Waals surface area contributed by atoms with Gasteiger partial charge < -0.3 is 9.47 Å². The highest BCUT2D eigenvalue weighted by molar-refractivity contribution is 5.79. The molecule has 136 valence electrons. The summed E-state index contributed by atoms with van der Waals surface area (Å²) in [6, 6.07) is 5.52. The average molecular weight is 343 g/mol. The molecule has 1 unspecified atom stereocenters. The van der Waals surface area contributed by atoms with E-state index in [1.807, 2.05) is 26.0 Å². The Labute approximate surface area is 150 Å². The highest BCUT2D eigenvalue weighted by atomic mass is 16.5. The molecule has 1 aliphatic carbocycles. The third-order valence-electron chi connectivity index (χ3n) is 5.06. The van der Waals surface area contributed by atoms with Gasteiger partial charge in [0.05, 0.1) is 11.5 Å². The number of allylic oxidation sites excluding steroid dienone is 2. The molecule has 0 spiro atoms. The molecule has 1 aliphatic rings. The van der Waals surface area contributed by atoms with Gasteiger partial charge in [0.15, 0.2) is 0 Å². The summed E-state index contributed by atoms with van der Waals surface area (Å²) in [5.74, 6) is 1.42. The average Bonchev–Trinajstić information content (AvgIpc) is 2.61. The van der Waals surface area contributed by atoms with Gasteiger partial charge >= 0.3 is 0 Å². The Kier molecular flexibility index (Phi) is 6.04. The Morgan fingerprint density at radius 2 is 1.88 bits per heavy atom. The van der Waals surface area contributed by atoms with E-state index in [9.17, 15) is 4.79 Å². The van der Waals surface area contributed by atoms with E-state index < -0.39 is 11.5 Å². The fourth-order valence-corrected chi connectivity index (χ4v) is 3.34. The van der Waals surface area contributed by atoms with Gasteiger partial charge in [-0.25, -0.2) is 4.98 Å². The molecule has 0 bridgehead atoms. The fourth-order valence-electron chi connectivity index (χ4n) is 3.34. The van der Waals surface area contributed by atoms with Crippen molar-refractivity contribution in [2.45, 2.75) is 66.6 Å². The van der Waals surface area contributed by atoms with Gasteiger partial charge in [-0.15, -0.1) is 0 Å². The molecule has 0 aromatic carbocycles. The fraction of sp³-hybridized carbons (Fsp3) is 0.524. The van der Waals surface area contributed by atoms with E-state index >= 15 is 0 Å². The van der Waals surface area contributed by atoms with Gasteiger partial charge in [0.1, 0.15) is 18.1 Å². The van der Waals surface area contributed by atoms with Crippen LogP contribution in [0, 0.1) is 5.41 Å². The summed E-state index contributed by atoms with van der Waals surface area (Å²) in [5.41, 5.74) is 2.14. The molecule has 1 heterocycles. The molecule has 1 aromatic heterocycles. The van der Waals surface area contributed by atoms with Crippen LogP contribution in [0.15, 0.2) is 46.9 Å². The number of hydrogen-bond acceptors (Lipinski definition) is 4. The van der Waals surface area contributed by atoms with Crippen LogP contribution in [0.25, 0.3) is 0 Å². The number of ether oxygens (including phenoxy) is 2. The van der Waals surface area contributed by atoms with E-state index in [4.69, 9.17) is 9.47 Å². The van der Waals surface area contributed by atoms with Gasteiger partial charge in [0.25, 0.3) is 0 Å². The Morgan fingerprint density at radius 1 is 1.20 bits per heavy atom. The lowest BCUT2D eigenvalue weighted by atomic mass is 9.72. The zero-order valence-corrected chi connectivity index (χ0v) is 16.1. The van der Waals surface area contributed by atoms with Gasteiger partial charge in [-0.2, -0.15) is 0 Å². The van der Waals surface area contributed by atoms with Crippen LogP contribution in [0.4, 0.5) is 0 Å². The molecule has 0 radical (unpaired) electrons. The number of carbonyl (C=O) groups excluding carboxylic acids is 1. The maximum absolute atomic E-state index is 11.8. The van der Waals surface area contributed by atoms with Crippen LogP contribution in [-0.4, -0.2) is 23.5 Å². The van der Waals surface area contributed by atoms with Crippen LogP contribution in [-0.2, 0) is 9.53 Å². The third kappa shape index (κ3) is 3.78. The SMILES string of the molecule is CCC(CC)OC1=C(C)C(C)=C(C=O)C(Oc2ccccn2)C1(C)C. The molecular weight excluding hydrogens is 314 g/mol. The number of aromatic nitrogens is 1. The van der Waals surface area contributed by atoms with Crippen LogP contribution >= 0.6 is 0 Å². The molecule has 4 heteroatoms. The first-order valence-electron chi connectivity index (χ1n) is 8.98. The predicted molar refractivity (Wildman–Crippen MR) is 99.4 cm³/mol. The largest absolute Gasteiger partial charge is 0.494 e. The van der Waals surface area contributed by atoms with Gasteiger partial charge in [0.2, 0.25) is 5.88 Å². The van der Waals surface area contributed by atoms with Crippen LogP contribution in [0.5, 0.6) is 5.88 Å².